The third-order valence-corrected chi connectivity index (χ3v) is 2.64. The summed E-state index contributed by atoms with van der Waals surface area (Å²) in [5.74, 6) is -0.523. The van der Waals surface area contributed by atoms with Gasteiger partial charge in [0.15, 0.2) is 0 Å². The molecular weight excluding hydrogens is 208 g/mol. The minimum atomic E-state index is -1.00. The predicted molar refractivity (Wildman–Crippen MR) is 60.1 cm³/mol. The lowest BCUT2D eigenvalue weighted by Crippen LogP contribution is -2.41. The molecule has 16 heavy (non-hydrogen) atoms. The lowest BCUT2D eigenvalue weighted by molar-refractivity contribution is -0.137. The highest BCUT2D eigenvalue weighted by molar-refractivity contribution is 5.79. The fourth-order valence-electron chi connectivity index (χ4n) is 1.68. The zero-order valence-corrected chi connectivity index (χ0v) is 9.48. The van der Waals surface area contributed by atoms with Crippen molar-refractivity contribution in [1.82, 2.24) is 10.2 Å². The minimum Gasteiger partial charge on any atom is -0.480 e. The maximum absolute atomic E-state index is 11.5. The van der Waals surface area contributed by atoms with Crippen LogP contribution in [0, 0.1) is 5.92 Å². The Kier molecular flexibility index (Phi) is 4.82. The quantitative estimate of drug-likeness (QED) is 0.704. The molecule has 2 N–H and O–H groups in total. The summed E-state index contributed by atoms with van der Waals surface area (Å²) < 4.78 is 0. The predicted octanol–water partition coefficient (Wildman–Crippen LogP) is 1.07. The highest BCUT2D eigenvalue weighted by Crippen LogP contribution is 2.16. The summed E-state index contributed by atoms with van der Waals surface area (Å²) in [5.41, 5.74) is 0. The first-order chi connectivity index (χ1) is 7.59. The first-order valence-electron chi connectivity index (χ1n) is 5.45. The largest absolute Gasteiger partial charge is 0.480 e. The number of carbonyl (C=O) groups is 2. The Morgan fingerprint density at radius 1 is 1.50 bits per heavy atom. The second kappa shape index (κ2) is 6.15. The van der Waals surface area contributed by atoms with Crippen LogP contribution in [0.5, 0.6) is 0 Å². The van der Waals surface area contributed by atoms with Crippen molar-refractivity contribution in [2.24, 2.45) is 5.92 Å². The number of allylic oxidation sites excluding steroid dienone is 2. The first kappa shape index (κ1) is 12.5. The van der Waals surface area contributed by atoms with Gasteiger partial charge in [0, 0.05) is 13.6 Å². The van der Waals surface area contributed by atoms with Crippen molar-refractivity contribution in [3.05, 3.63) is 12.2 Å². The Morgan fingerprint density at radius 3 is 2.81 bits per heavy atom. The SMILES string of the molecule is CN(CC(=O)O)C(=O)NCC1CC=CCC1. The molecule has 0 saturated carbocycles. The van der Waals surface area contributed by atoms with E-state index >= 15 is 0 Å². The van der Waals surface area contributed by atoms with Gasteiger partial charge in [-0.05, 0) is 25.2 Å². The van der Waals surface area contributed by atoms with E-state index in [0.717, 1.165) is 19.3 Å². The molecule has 1 aliphatic rings. The Morgan fingerprint density at radius 2 is 2.25 bits per heavy atom. The van der Waals surface area contributed by atoms with Gasteiger partial charge in [-0.2, -0.15) is 0 Å². The number of hydrogen-bond donors (Lipinski definition) is 2. The van der Waals surface area contributed by atoms with E-state index in [9.17, 15) is 9.59 Å². The van der Waals surface area contributed by atoms with E-state index in [-0.39, 0.29) is 12.6 Å². The van der Waals surface area contributed by atoms with Crippen molar-refractivity contribution < 1.29 is 14.7 Å². The summed E-state index contributed by atoms with van der Waals surface area (Å²) in [6.07, 6.45) is 7.41. The van der Waals surface area contributed by atoms with E-state index < -0.39 is 5.97 Å². The molecule has 0 aromatic rings. The molecule has 0 heterocycles. The van der Waals surface area contributed by atoms with Crippen molar-refractivity contribution in [2.75, 3.05) is 20.1 Å². The van der Waals surface area contributed by atoms with Crippen LogP contribution in [-0.2, 0) is 4.79 Å². The van der Waals surface area contributed by atoms with Crippen LogP contribution in [0.2, 0.25) is 0 Å². The van der Waals surface area contributed by atoms with Crippen molar-refractivity contribution >= 4 is 12.0 Å². The average Bonchev–Trinajstić information content (AvgIpc) is 2.26. The normalized spacial score (nSPS) is 19.2. The molecule has 0 aromatic heterocycles. The zero-order valence-electron chi connectivity index (χ0n) is 9.48. The van der Waals surface area contributed by atoms with Crippen LogP contribution in [0.3, 0.4) is 0 Å². The van der Waals surface area contributed by atoms with Gasteiger partial charge in [-0.15, -0.1) is 0 Å². The Hall–Kier alpha value is -1.52. The highest BCUT2D eigenvalue weighted by atomic mass is 16.4. The summed E-state index contributed by atoms with van der Waals surface area (Å²) in [7, 11) is 1.48. The molecule has 0 aliphatic heterocycles. The molecule has 0 radical (unpaired) electrons. The molecule has 0 aromatic carbocycles. The second-order valence-electron chi connectivity index (χ2n) is 4.09. The fraction of sp³-hybridized carbons (Fsp3) is 0.636. The van der Waals surface area contributed by atoms with Gasteiger partial charge in [0.2, 0.25) is 0 Å². The van der Waals surface area contributed by atoms with Crippen molar-refractivity contribution in [1.29, 1.82) is 0 Å². The first-order valence-corrected chi connectivity index (χ1v) is 5.45. The summed E-state index contributed by atoms with van der Waals surface area (Å²) in [6, 6.07) is -0.322. The maximum atomic E-state index is 11.5. The van der Waals surface area contributed by atoms with Crippen LogP contribution in [0.4, 0.5) is 4.79 Å². The highest BCUT2D eigenvalue weighted by Gasteiger charge is 2.14. The number of aliphatic carboxylic acids is 1. The Labute approximate surface area is 95.1 Å². The van der Waals surface area contributed by atoms with E-state index in [0.29, 0.717) is 12.5 Å². The molecule has 0 fully saturated rings. The number of carboxylic acids is 1. The number of urea groups is 1. The number of amides is 2. The minimum absolute atomic E-state index is 0.267. The second-order valence-corrected chi connectivity index (χ2v) is 4.09. The number of likely N-dealkylation sites (N-methyl/N-ethyl adjacent to an activating group) is 1. The number of hydrogen-bond acceptors (Lipinski definition) is 2. The van der Waals surface area contributed by atoms with E-state index in [4.69, 9.17) is 5.11 Å². The summed E-state index contributed by atoms with van der Waals surface area (Å²) in [5, 5.41) is 11.3. The van der Waals surface area contributed by atoms with Crippen LogP contribution >= 0.6 is 0 Å². The molecular formula is C11H18N2O3. The van der Waals surface area contributed by atoms with Crippen LogP contribution in [0.15, 0.2) is 12.2 Å². The summed E-state index contributed by atoms with van der Waals surface area (Å²) in [6.45, 7) is 0.351. The lowest BCUT2D eigenvalue weighted by atomic mass is 9.94. The Bertz CT molecular complexity index is 289. The molecule has 90 valence electrons. The molecule has 1 atom stereocenters. The summed E-state index contributed by atoms with van der Waals surface area (Å²) in [4.78, 5) is 23.0. The number of nitrogens with zero attached hydrogens (tertiary/aromatic N) is 1. The van der Waals surface area contributed by atoms with Gasteiger partial charge in [-0.3, -0.25) is 4.79 Å². The number of nitrogens with one attached hydrogen (secondary N) is 1. The smallest absolute Gasteiger partial charge is 0.323 e. The lowest BCUT2D eigenvalue weighted by Gasteiger charge is -2.21. The van der Waals surface area contributed by atoms with Gasteiger partial charge < -0.3 is 15.3 Å². The van der Waals surface area contributed by atoms with Gasteiger partial charge in [0.25, 0.3) is 0 Å². The molecule has 1 unspecified atom stereocenters. The molecule has 5 heteroatoms. The van der Waals surface area contributed by atoms with E-state index in [2.05, 4.69) is 17.5 Å². The third kappa shape index (κ3) is 4.33. The van der Waals surface area contributed by atoms with E-state index in [1.165, 1.54) is 11.9 Å². The van der Waals surface area contributed by atoms with Crippen molar-refractivity contribution in [3.63, 3.8) is 0 Å². The van der Waals surface area contributed by atoms with Gasteiger partial charge in [-0.1, -0.05) is 12.2 Å². The van der Waals surface area contributed by atoms with Gasteiger partial charge >= 0.3 is 12.0 Å². The number of rotatable bonds is 4. The van der Waals surface area contributed by atoms with Crippen LogP contribution < -0.4 is 5.32 Å². The van der Waals surface area contributed by atoms with E-state index in [1.807, 2.05) is 0 Å². The molecule has 0 spiro atoms. The third-order valence-electron chi connectivity index (χ3n) is 2.64. The summed E-state index contributed by atoms with van der Waals surface area (Å²) >= 11 is 0. The monoisotopic (exact) mass is 226 g/mol. The Balaban J connectivity index is 2.23. The zero-order chi connectivity index (χ0) is 12.0. The molecule has 2 amide bonds. The van der Waals surface area contributed by atoms with Crippen molar-refractivity contribution in [3.8, 4) is 0 Å². The van der Waals surface area contributed by atoms with E-state index in [1.54, 1.807) is 0 Å². The van der Waals surface area contributed by atoms with Gasteiger partial charge in [0.05, 0.1) is 0 Å². The van der Waals surface area contributed by atoms with Crippen LogP contribution in [0.25, 0.3) is 0 Å². The van der Waals surface area contributed by atoms with Crippen LogP contribution in [0.1, 0.15) is 19.3 Å². The number of carbonyl (C=O) groups excluding carboxylic acids is 1. The molecule has 1 rings (SSSR count). The molecule has 0 bridgehead atoms. The number of carboxylic acid groups (broad SMARTS) is 1. The van der Waals surface area contributed by atoms with Crippen molar-refractivity contribution in [2.45, 2.75) is 19.3 Å². The molecule has 5 nitrogen and oxygen atoms in total. The van der Waals surface area contributed by atoms with Gasteiger partial charge in [0.1, 0.15) is 6.54 Å². The standard InChI is InChI=1S/C11H18N2O3/c1-13(8-10(14)15)11(16)12-7-9-5-3-2-4-6-9/h2-3,9H,4-8H2,1H3,(H,12,16)(H,14,15). The average molecular weight is 226 g/mol. The maximum Gasteiger partial charge on any atom is 0.323 e. The topological polar surface area (TPSA) is 69.6 Å². The van der Waals surface area contributed by atoms with Crippen LogP contribution in [-0.4, -0.2) is 42.1 Å². The molecule has 0 saturated heterocycles. The fourth-order valence-corrected chi connectivity index (χ4v) is 1.68. The van der Waals surface area contributed by atoms with Gasteiger partial charge in [-0.25, -0.2) is 4.79 Å². The molecule has 1 aliphatic carbocycles.